The molecule has 10 heteroatoms. The van der Waals surface area contributed by atoms with E-state index in [9.17, 15) is 27.9 Å². The van der Waals surface area contributed by atoms with Crippen LogP contribution in [0.1, 0.15) is 78.6 Å². The second kappa shape index (κ2) is 10.1. The summed E-state index contributed by atoms with van der Waals surface area (Å²) < 4.78 is 39.3. The molecular weight excluding hydrogens is 500 g/mol. The number of hydrogen-bond donors (Lipinski definition) is 1. The van der Waals surface area contributed by atoms with Crippen molar-refractivity contribution in [2.24, 2.45) is 28.6 Å². The molecule has 9 nitrogen and oxygen atoms in total. The molecule has 0 aromatic rings. The molecule has 37 heavy (non-hydrogen) atoms. The fraction of sp³-hybridized carbons (Fsp3) is 0.815. The minimum absolute atomic E-state index is 0.0393. The number of aliphatic hydroxyl groups excluding tert-OH is 1. The number of ether oxygens (including phenoxy) is 2. The molecule has 0 saturated heterocycles. The number of aliphatic hydroxyl groups is 1. The van der Waals surface area contributed by atoms with Crippen LogP contribution in [0.2, 0.25) is 0 Å². The van der Waals surface area contributed by atoms with Gasteiger partial charge in [-0.15, -0.1) is 0 Å². The summed E-state index contributed by atoms with van der Waals surface area (Å²) >= 11 is 0. The molecule has 4 aliphatic rings. The second-order valence-corrected chi connectivity index (χ2v) is 13.5. The van der Waals surface area contributed by atoms with Gasteiger partial charge in [0.15, 0.2) is 11.4 Å². The molecule has 0 aromatic heterocycles. The first-order chi connectivity index (χ1) is 17.3. The molecule has 0 amide bonds. The summed E-state index contributed by atoms with van der Waals surface area (Å²) in [6.07, 6.45) is 6.00. The lowest BCUT2D eigenvalue weighted by atomic mass is 9.45. The van der Waals surface area contributed by atoms with E-state index in [1.54, 1.807) is 6.08 Å². The van der Waals surface area contributed by atoms with Crippen LogP contribution in [-0.2, 0) is 33.4 Å². The molecule has 7 atom stereocenters. The van der Waals surface area contributed by atoms with Gasteiger partial charge < -0.3 is 14.6 Å². The van der Waals surface area contributed by atoms with Gasteiger partial charge >= 0.3 is 6.16 Å². The summed E-state index contributed by atoms with van der Waals surface area (Å²) in [4.78, 5) is 38.6. The monoisotopic (exact) mass is 540 g/mol. The highest BCUT2D eigenvalue weighted by molar-refractivity contribution is 7.86. The molecule has 3 saturated carbocycles. The van der Waals surface area contributed by atoms with Crippen molar-refractivity contribution in [3.05, 3.63) is 11.6 Å². The van der Waals surface area contributed by atoms with E-state index in [1.165, 1.54) is 0 Å². The van der Waals surface area contributed by atoms with Crippen molar-refractivity contribution in [1.29, 1.82) is 0 Å². The lowest BCUT2D eigenvalue weighted by molar-refractivity contribution is -0.186. The molecule has 4 aliphatic carbocycles. The molecule has 0 spiro atoms. The van der Waals surface area contributed by atoms with Crippen molar-refractivity contribution >= 4 is 27.8 Å². The Morgan fingerprint density at radius 1 is 1.16 bits per heavy atom. The zero-order valence-corrected chi connectivity index (χ0v) is 23.1. The number of allylic oxidation sites excluding steroid dienone is 1. The molecule has 208 valence electrons. The minimum atomic E-state index is -3.90. The van der Waals surface area contributed by atoms with E-state index in [-0.39, 0.29) is 48.4 Å². The number of Topliss-reactive ketones (excluding diaryl/α,β-unsaturated/α-hetero) is 1. The lowest BCUT2D eigenvalue weighted by Crippen LogP contribution is -2.63. The van der Waals surface area contributed by atoms with Crippen LogP contribution in [0.5, 0.6) is 0 Å². The van der Waals surface area contributed by atoms with Gasteiger partial charge in [-0.25, -0.2) is 4.79 Å². The van der Waals surface area contributed by atoms with Crippen molar-refractivity contribution < 1.29 is 41.6 Å². The Morgan fingerprint density at radius 3 is 2.57 bits per heavy atom. The summed E-state index contributed by atoms with van der Waals surface area (Å²) in [5.74, 6) is -0.551. The van der Waals surface area contributed by atoms with Gasteiger partial charge in [0.05, 0.1) is 19.0 Å². The van der Waals surface area contributed by atoms with Crippen molar-refractivity contribution in [2.75, 3.05) is 19.5 Å². The number of hydrogen-bond acceptors (Lipinski definition) is 9. The van der Waals surface area contributed by atoms with Crippen LogP contribution in [0.3, 0.4) is 0 Å². The number of carbonyl (C=O) groups is 3. The Labute approximate surface area is 219 Å². The molecule has 0 bridgehead atoms. The van der Waals surface area contributed by atoms with Gasteiger partial charge in [-0.3, -0.25) is 13.8 Å². The van der Waals surface area contributed by atoms with Crippen LogP contribution in [0.25, 0.3) is 0 Å². The molecule has 0 heterocycles. The summed E-state index contributed by atoms with van der Waals surface area (Å²) in [7, 11) is -3.90. The van der Waals surface area contributed by atoms with Crippen LogP contribution in [0.4, 0.5) is 4.79 Å². The maximum absolute atomic E-state index is 13.7. The third kappa shape index (κ3) is 4.89. The van der Waals surface area contributed by atoms with E-state index in [0.717, 1.165) is 31.1 Å². The van der Waals surface area contributed by atoms with Crippen LogP contribution in [-0.4, -0.2) is 62.4 Å². The largest absolute Gasteiger partial charge is 0.509 e. The predicted molar refractivity (Wildman–Crippen MR) is 134 cm³/mol. The van der Waals surface area contributed by atoms with E-state index >= 15 is 0 Å². The van der Waals surface area contributed by atoms with E-state index in [4.69, 9.17) is 13.7 Å². The molecule has 0 radical (unpaired) electrons. The van der Waals surface area contributed by atoms with E-state index in [2.05, 4.69) is 6.92 Å². The Morgan fingerprint density at radius 2 is 1.89 bits per heavy atom. The van der Waals surface area contributed by atoms with E-state index < -0.39 is 45.8 Å². The molecule has 1 N–H and O–H groups in total. The number of ketones is 2. The highest BCUT2D eigenvalue weighted by Gasteiger charge is 2.70. The topological polar surface area (TPSA) is 133 Å². The van der Waals surface area contributed by atoms with Gasteiger partial charge in [0.1, 0.15) is 6.61 Å². The van der Waals surface area contributed by atoms with Crippen molar-refractivity contribution in [1.82, 2.24) is 0 Å². The summed E-state index contributed by atoms with van der Waals surface area (Å²) in [6, 6.07) is 0. The number of rotatable bonds is 8. The minimum Gasteiger partial charge on any atom is -0.434 e. The molecule has 0 aliphatic heterocycles. The molecule has 4 rings (SSSR count). The summed E-state index contributed by atoms with van der Waals surface area (Å²) in [6.45, 7) is 5.38. The Hall–Kier alpha value is -1.78. The molecule has 0 aromatic carbocycles. The molecule has 0 unspecified atom stereocenters. The SMILES string of the molecule is CCCCOC(=O)O[C@]1(C(=O)COS(C)(=O)=O)CC[C@H]2[C@@H]3CCC4=CC(=O)CC[C@]4(C)[C@H]3[C@@H](O)C[C@@]21C. The smallest absolute Gasteiger partial charge is 0.434 e. The van der Waals surface area contributed by atoms with Crippen molar-refractivity contribution in [2.45, 2.75) is 90.3 Å². The highest BCUT2D eigenvalue weighted by atomic mass is 32.2. The maximum Gasteiger partial charge on any atom is 0.509 e. The van der Waals surface area contributed by atoms with Crippen LogP contribution in [0.15, 0.2) is 11.6 Å². The number of unbranched alkanes of at least 4 members (excludes halogenated alkanes) is 1. The van der Waals surface area contributed by atoms with E-state index in [0.29, 0.717) is 25.7 Å². The average molecular weight is 541 g/mol. The zero-order valence-electron chi connectivity index (χ0n) is 22.3. The normalized spacial score (nSPS) is 39.2. The third-order valence-corrected chi connectivity index (χ3v) is 10.4. The van der Waals surface area contributed by atoms with Crippen LogP contribution >= 0.6 is 0 Å². The Bertz CT molecular complexity index is 1080. The quantitative estimate of drug-likeness (QED) is 0.278. The van der Waals surface area contributed by atoms with Gasteiger partial charge in [0.25, 0.3) is 10.1 Å². The first kappa shape index (κ1) is 28.2. The van der Waals surface area contributed by atoms with Crippen molar-refractivity contribution in [3.8, 4) is 0 Å². The first-order valence-electron chi connectivity index (χ1n) is 13.4. The standard InChI is InChI=1S/C27H40O9S/c1-5-6-13-34-24(31)36-27(22(30)16-35-37(4,32)33)12-10-20-19-8-7-17-14-18(28)9-11-25(17,2)23(19)21(29)15-26(20,27)3/h14,19-21,23,29H,5-13,15-16H2,1-4H3/t19-,20-,21-,23+,25-,26-,27-/m0/s1. The number of fused-ring (bicyclic) bond motifs is 5. The van der Waals surface area contributed by atoms with Crippen LogP contribution in [0, 0.1) is 28.6 Å². The van der Waals surface area contributed by atoms with Gasteiger partial charge in [0.2, 0.25) is 5.78 Å². The Balaban J connectivity index is 1.68. The first-order valence-corrected chi connectivity index (χ1v) is 15.2. The van der Waals surface area contributed by atoms with Gasteiger partial charge in [0, 0.05) is 11.8 Å². The summed E-state index contributed by atoms with van der Waals surface area (Å²) in [5.41, 5.74) is -1.80. The highest BCUT2D eigenvalue weighted by Crippen LogP contribution is 2.68. The van der Waals surface area contributed by atoms with Gasteiger partial charge in [-0.1, -0.05) is 32.8 Å². The lowest BCUT2D eigenvalue weighted by Gasteiger charge is -2.60. The van der Waals surface area contributed by atoms with Crippen molar-refractivity contribution in [3.63, 3.8) is 0 Å². The third-order valence-electron chi connectivity index (χ3n) is 9.85. The second-order valence-electron chi connectivity index (χ2n) is 11.9. The van der Waals surface area contributed by atoms with Crippen LogP contribution < -0.4 is 0 Å². The fourth-order valence-electron chi connectivity index (χ4n) is 8.11. The average Bonchev–Trinajstić information content (AvgIpc) is 3.09. The van der Waals surface area contributed by atoms with Gasteiger partial charge in [-0.05, 0) is 74.2 Å². The van der Waals surface area contributed by atoms with Gasteiger partial charge in [-0.2, -0.15) is 8.42 Å². The fourth-order valence-corrected chi connectivity index (χ4v) is 8.43. The molecule has 3 fully saturated rings. The number of carbonyl (C=O) groups excluding carboxylic acids is 3. The zero-order chi connectivity index (χ0) is 27.2. The maximum atomic E-state index is 13.7. The predicted octanol–water partition coefficient (Wildman–Crippen LogP) is 3.73. The van der Waals surface area contributed by atoms with E-state index in [1.807, 2.05) is 13.8 Å². The summed E-state index contributed by atoms with van der Waals surface area (Å²) in [5, 5.41) is 11.6. The molecular formula is C27H40O9S. The Kier molecular flexibility index (Phi) is 7.69.